The number of hydrogen-bond acceptors (Lipinski definition) is 4. The van der Waals surface area contributed by atoms with Gasteiger partial charge in [-0.1, -0.05) is 0 Å². The van der Waals surface area contributed by atoms with Crippen molar-refractivity contribution in [2.24, 2.45) is 23.2 Å². The molecular weight excluding hydrogens is 442 g/mol. The minimum Gasteiger partial charge on any atom is -0.467 e. The number of pyridine rings is 1. The van der Waals surface area contributed by atoms with E-state index in [0.29, 0.717) is 12.3 Å². The van der Waals surface area contributed by atoms with Crippen LogP contribution in [0.15, 0.2) is 40.0 Å². The van der Waals surface area contributed by atoms with Crippen LogP contribution in [0.2, 0.25) is 0 Å². The molecule has 2 heterocycles. The summed E-state index contributed by atoms with van der Waals surface area (Å²) in [7, 11) is 1.81. The van der Waals surface area contributed by atoms with Gasteiger partial charge in [-0.05, 0) is 94.6 Å². The molecule has 0 radical (unpaired) electrons. The maximum absolute atomic E-state index is 13.6. The van der Waals surface area contributed by atoms with E-state index in [1.54, 1.807) is 47.2 Å². The fourth-order valence-corrected chi connectivity index (χ4v) is 7.36. The van der Waals surface area contributed by atoms with Crippen LogP contribution in [-0.2, 0) is 0 Å². The predicted molar refractivity (Wildman–Crippen MR) is 133 cm³/mol. The lowest BCUT2D eigenvalue weighted by molar-refractivity contribution is -0.0629. The van der Waals surface area contributed by atoms with Gasteiger partial charge in [0.15, 0.2) is 0 Å². The molecule has 0 aliphatic heterocycles. The van der Waals surface area contributed by atoms with Crippen LogP contribution in [0.1, 0.15) is 97.9 Å². The summed E-state index contributed by atoms with van der Waals surface area (Å²) in [4.78, 5) is 41.9. The van der Waals surface area contributed by atoms with Gasteiger partial charge in [-0.25, -0.2) is 0 Å². The van der Waals surface area contributed by atoms with E-state index >= 15 is 0 Å². The molecule has 4 aliphatic carbocycles. The molecule has 2 aromatic heterocycles. The fraction of sp³-hybridized carbons (Fsp3) is 0.607. The van der Waals surface area contributed by atoms with Crippen molar-refractivity contribution in [2.75, 3.05) is 13.6 Å². The van der Waals surface area contributed by atoms with Gasteiger partial charge in [-0.3, -0.25) is 14.4 Å². The number of rotatable bonds is 7. The van der Waals surface area contributed by atoms with E-state index in [2.05, 4.69) is 5.32 Å². The lowest BCUT2D eigenvalue weighted by atomic mass is 9.49. The molecule has 188 valence electrons. The summed E-state index contributed by atoms with van der Waals surface area (Å²) in [6, 6.07) is 3.12. The molecule has 1 atom stereocenters. The van der Waals surface area contributed by atoms with Gasteiger partial charge in [-0.15, -0.1) is 0 Å². The van der Waals surface area contributed by atoms with Crippen LogP contribution in [0.25, 0.3) is 0 Å². The first-order valence-electron chi connectivity index (χ1n) is 13.0. The molecule has 2 amide bonds. The van der Waals surface area contributed by atoms with Crippen LogP contribution in [0.3, 0.4) is 0 Å². The highest BCUT2D eigenvalue weighted by molar-refractivity contribution is 5.99. The zero-order valence-electron chi connectivity index (χ0n) is 21.3. The minimum absolute atomic E-state index is 0.00958. The number of furan rings is 1. The minimum atomic E-state index is -0.520. The van der Waals surface area contributed by atoms with Crippen LogP contribution < -0.4 is 10.7 Å². The molecule has 0 aromatic carbocycles. The highest BCUT2D eigenvalue weighted by atomic mass is 16.3. The number of nitrogens with one attached hydrogen (secondary N) is 1. The second-order valence-corrected chi connectivity index (χ2v) is 11.7. The summed E-state index contributed by atoms with van der Waals surface area (Å²) in [6.07, 6.45) is 12.3. The normalized spacial score (nSPS) is 27.7. The van der Waals surface area contributed by atoms with E-state index in [0.717, 1.165) is 17.8 Å². The lowest BCUT2D eigenvalue weighted by Gasteiger charge is -2.57. The third kappa shape index (κ3) is 4.57. The summed E-state index contributed by atoms with van der Waals surface area (Å²) < 4.78 is 7.15. The Morgan fingerprint density at radius 1 is 1.09 bits per heavy atom. The number of aromatic nitrogens is 1. The number of amides is 2. The Kier molecular flexibility index (Phi) is 6.14. The van der Waals surface area contributed by atoms with Crippen LogP contribution in [0.4, 0.5) is 0 Å². The van der Waals surface area contributed by atoms with Gasteiger partial charge in [0.25, 0.3) is 11.8 Å². The molecule has 7 nitrogen and oxygen atoms in total. The monoisotopic (exact) mass is 479 g/mol. The van der Waals surface area contributed by atoms with Crippen LogP contribution >= 0.6 is 0 Å². The molecule has 1 unspecified atom stereocenters. The van der Waals surface area contributed by atoms with Gasteiger partial charge in [0.1, 0.15) is 16.9 Å². The van der Waals surface area contributed by atoms with Crippen LogP contribution in [0.5, 0.6) is 0 Å². The average molecular weight is 480 g/mol. The summed E-state index contributed by atoms with van der Waals surface area (Å²) >= 11 is 0. The molecule has 4 aliphatic rings. The topological polar surface area (TPSA) is 84.5 Å². The van der Waals surface area contributed by atoms with E-state index in [9.17, 15) is 14.4 Å². The molecule has 4 bridgehead atoms. The number of hydrogen-bond donors (Lipinski definition) is 1. The van der Waals surface area contributed by atoms with E-state index in [1.807, 2.05) is 20.9 Å². The number of carbonyl (C=O) groups is 2. The van der Waals surface area contributed by atoms with Gasteiger partial charge < -0.3 is 19.2 Å². The summed E-state index contributed by atoms with van der Waals surface area (Å²) in [6.45, 7) is 6.41. The van der Waals surface area contributed by atoms with Crippen molar-refractivity contribution in [3.63, 3.8) is 0 Å². The van der Waals surface area contributed by atoms with E-state index in [-0.39, 0.29) is 28.5 Å². The lowest BCUT2D eigenvalue weighted by Crippen LogP contribution is -2.51. The molecule has 2 aromatic rings. The second kappa shape index (κ2) is 8.99. The van der Waals surface area contributed by atoms with E-state index < -0.39 is 17.4 Å². The zero-order valence-corrected chi connectivity index (χ0v) is 21.3. The highest BCUT2D eigenvalue weighted by Gasteiger charge is 2.51. The standard InChI is InChI=1S/C28H37N3O4/c1-17(2)31-14-22(26(33)29-18(3)24-6-5-7-35-24)25(32)23(15-31)27(34)30(4)16-28-11-19-8-20(12-28)10-21(9-19)13-28/h5-7,14-15,17-21H,8-13,16H2,1-4H3,(H,29,33). The first-order chi connectivity index (χ1) is 16.6. The van der Waals surface area contributed by atoms with Crippen molar-refractivity contribution in [1.29, 1.82) is 0 Å². The van der Waals surface area contributed by atoms with Crippen LogP contribution in [-0.4, -0.2) is 34.9 Å². The first-order valence-corrected chi connectivity index (χ1v) is 13.0. The molecule has 35 heavy (non-hydrogen) atoms. The first kappa shape index (κ1) is 23.9. The zero-order chi connectivity index (χ0) is 24.9. The molecule has 6 rings (SSSR count). The quantitative estimate of drug-likeness (QED) is 0.618. The fourth-order valence-electron chi connectivity index (χ4n) is 7.36. The van der Waals surface area contributed by atoms with Crippen molar-refractivity contribution in [1.82, 2.24) is 14.8 Å². The SMILES string of the molecule is CC(NC(=O)c1cn(C(C)C)cc(C(=O)N(C)CC23CC4CC(CC(C4)C2)C3)c1=O)c1ccco1. The third-order valence-electron chi connectivity index (χ3n) is 8.52. The van der Waals surface area contributed by atoms with Crippen molar-refractivity contribution in [2.45, 2.75) is 71.4 Å². The van der Waals surface area contributed by atoms with E-state index in [4.69, 9.17) is 4.42 Å². The average Bonchev–Trinajstić information content (AvgIpc) is 3.32. The largest absolute Gasteiger partial charge is 0.467 e. The Morgan fingerprint density at radius 2 is 1.69 bits per heavy atom. The van der Waals surface area contributed by atoms with Crippen molar-refractivity contribution >= 4 is 11.8 Å². The smallest absolute Gasteiger partial charge is 0.259 e. The summed E-state index contributed by atoms with van der Waals surface area (Å²) in [5.74, 6) is 2.19. The van der Waals surface area contributed by atoms with Gasteiger partial charge in [0.2, 0.25) is 5.43 Å². The predicted octanol–water partition coefficient (Wildman–Crippen LogP) is 4.80. The Balaban J connectivity index is 1.39. The summed E-state index contributed by atoms with van der Waals surface area (Å²) in [5.41, 5.74) is -0.298. The van der Waals surface area contributed by atoms with E-state index in [1.165, 1.54) is 38.5 Å². The van der Waals surface area contributed by atoms with Crippen molar-refractivity contribution in [3.05, 3.63) is 57.9 Å². The third-order valence-corrected chi connectivity index (χ3v) is 8.52. The molecule has 4 saturated carbocycles. The van der Waals surface area contributed by atoms with Crippen molar-refractivity contribution in [3.8, 4) is 0 Å². The molecule has 1 N–H and O–H groups in total. The Hall–Kier alpha value is -2.83. The highest BCUT2D eigenvalue weighted by Crippen LogP contribution is 2.60. The Labute approximate surface area is 206 Å². The maximum Gasteiger partial charge on any atom is 0.259 e. The van der Waals surface area contributed by atoms with Gasteiger partial charge in [0.05, 0.1) is 12.3 Å². The Morgan fingerprint density at radius 3 is 2.23 bits per heavy atom. The molecule has 0 spiro atoms. The van der Waals surface area contributed by atoms with Gasteiger partial charge in [0, 0.05) is 32.0 Å². The number of carbonyl (C=O) groups excluding carboxylic acids is 2. The van der Waals surface area contributed by atoms with Crippen molar-refractivity contribution < 1.29 is 14.0 Å². The molecular formula is C28H37N3O4. The molecule has 4 fully saturated rings. The van der Waals surface area contributed by atoms with Gasteiger partial charge >= 0.3 is 0 Å². The Bertz CT molecular complexity index is 1130. The number of nitrogens with zero attached hydrogens (tertiary/aromatic N) is 2. The molecule has 7 heteroatoms. The second-order valence-electron chi connectivity index (χ2n) is 11.7. The summed E-state index contributed by atoms with van der Waals surface area (Å²) in [5, 5.41) is 2.83. The molecule has 0 saturated heterocycles. The van der Waals surface area contributed by atoms with Gasteiger partial charge in [-0.2, -0.15) is 0 Å². The maximum atomic E-state index is 13.6. The van der Waals surface area contributed by atoms with Crippen LogP contribution in [0, 0.1) is 23.2 Å².